The molecule has 0 radical (unpaired) electrons. The number of rotatable bonds is 4. The fourth-order valence-corrected chi connectivity index (χ4v) is 2.49. The number of hydrogen-bond donors (Lipinski definition) is 1. The molecule has 0 atom stereocenters. The van der Waals surface area contributed by atoms with Gasteiger partial charge in [0, 0.05) is 22.9 Å². The highest BCUT2D eigenvalue weighted by Gasteiger charge is 2.11. The quantitative estimate of drug-likeness (QED) is 0.749. The van der Waals surface area contributed by atoms with E-state index in [4.69, 9.17) is 15.2 Å². The summed E-state index contributed by atoms with van der Waals surface area (Å²) in [5, 5.41) is 10.3. The highest BCUT2D eigenvalue weighted by atomic mass is 16.5. The van der Waals surface area contributed by atoms with Gasteiger partial charge < -0.3 is 15.2 Å². The number of ether oxygens (including phenoxy) is 2. The largest absolute Gasteiger partial charge is 0.493 e. The van der Waals surface area contributed by atoms with Gasteiger partial charge in [0.2, 0.25) is 0 Å². The first-order valence-electron chi connectivity index (χ1n) is 6.92. The van der Waals surface area contributed by atoms with Gasteiger partial charge in [-0.3, -0.25) is 0 Å². The van der Waals surface area contributed by atoms with E-state index in [0.717, 1.165) is 27.7 Å². The van der Waals surface area contributed by atoms with Crippen LogP contribution in [0.5, 0.6) is 11.5 Å². The van der Waals surface area contributed by atoms with Gasteiger partial charge in [0.1, 0.15) is 0 Å². The first-order valence-corrected chi connectivity index (χ1v) is 6.92. The summed E-state index contributed by atoms with van der Waals surface area (Å²) in [6, 6.07) is 11.6. The van der Waals surface area contributed by atoms with Crippen molar-refractivity contribution in [1.82, 2.24) is 10.2 Å². The van der Waals surface area contributed by atoms with Gasteiger partial charge in [0.15, 0.2) is 11.5 Å². The van der Waals surface area contributed by atoms with Crippen LogP contribution in [0.2, 0.25) is 0 Å². The Balaban J connectivity index is 2.09. The van der Waals surface area contributed by atoms with E-state index >= 15 is 0 Å². The number of methoxy groups -OCH3 is 2. The normalized spacial score (nSPS) is 10.6. The molecule has 0 aliphatic carbocycles. The number of anilines is 1. The highest BCUT2D eigenvalue weighted by molar-refractivity contribution is 5.87. The summed E-state index contributed by atoms with van der Waals surface area (Å²) in [6.45, 7) is 0. The number of hydrogen-bond acceptors (Lipinski definition) is 5. The number of nitrogens with two attached hydrogens (primary N) is 1. The zero-order valence-corrected chi connectivity index (χ0v) is 12.5. The van der Waals surface area contributed by atoms with Crippen molar-refractivity contribution < 1.29 is 9.47 Å². The molecule has 0 bridgehead atoms. The number of nitrogens with zero attached hydrogens (tertiary/aromatic N) is 2. The third-order valence-electron chi connectivity index (χ3n) is 3.56. The van der Waals surface area contributed by atoms with Crippen molar-refractivity contribution in [3.05, 3.63) is 53.9 Å². The van der Waals surface area contributed by atoms with Gasteiger partial charge in [-0.2, -0.15) is 10.2 Å². The molecule has 0 spiro atoms. The van der Waals surface area contributed by atoms with E-state index in [-0.39, 0.29) is 0 Å². The van der Waals surface area contributed by atoms with Crippen molar-refractivity contribution in [3.63, 3.8) is 0 Å². The predicted octanol–water partition coefficient (Wildman–Crippen LogP) is 2.82. The topological polar surface area (TPSA) is 70.3 Å². The summed E-state index contributed by atoms with van der Waals surface area (Å²) in [7, 11) is 3.24. The average Bonchev–Trinajstić information content (AvgIpc) is 2.54. The van der Waals surface area contributed by atoms with Crippen LogP contribution in [0.4, 0.5) is 5.69 Å². The fraction of sp³-hybridized carbons (Fsp3) is 0.176. The summed E-state index contributed by atoms with van der Waals surface area (Å²) in [5.74, 6) is 1.36. The Morgan fingerprint density at radius 2 is 1.82 bits per heavy atom. The first-order chi connectivity index (χ1) is 10.7. The van der Waals surface area contributed by atoms with Crippen molar-refractivity contribution in [2.24, 2.45) is 0 Å². The Morgan fingerprint density at radius 3 is 2.55 bits per heavy atom. The van der Waals surface area contributed by atoms with Crippen molar-refractivity contribution >= 4 is 16.5 Å². The van der Waals surface area contributed by atoms with E-state index < -0.39 is 0 Å². The van der Waals surface area contributed by atoms with E-state index in [2.05, 4.69) is 10.2 Å². The van der Waals surface area contributed by atoms with Crippen LogP contribution in [0.1, 0.15) is 11.3 Å². The SMILES string of the molecule is COc1cc2cnnc(Cc3cccc(N)c3)c2cc1OC. The second kappa shape index (κ2) is 5.89. The molecule has 3 aromatic rings. The molecule has 0 saturated carbocycles. The molecule has 0 aliphatic rings. The molecular weight excluding hydrogens is 278 g/mol. The molecule has 5 nitrogen and oxygen atoms in total. The minimum Gasteiger partial charge on any atom is -0.493 e. The molecule has 2 aromatic carbocycles. The van der Waals surface area contributed by atoms with Crippen LogP contribution in [-0.4, -0.2) is 24.4 Å². The molecule has 112 valence electrons. The zero-order valence-electron chi connectivity index (χ0n) is 12.5. The lowest BCUT2D eigenvalue weighted by Crippen LogP contribution is -1.98. The molecule has 0 saturated heterocycles. The molecule has 0 unspecified atom stereocenters. The lowest BCUT2D eigenvalue weighted by Gasteiger charge is -2.11. The van der Waals surface area contributed by atoms with Gasteiger partial charge in [0.05, 0.1) is 26.1 Å². The third kappa shape index (κ3) is 2.65. The molecule has 3 rings (SSSR count). The van der Waals surface area contributed by atoms with Crippen molar-refractivity contribution in [2.75, 3.05) is 20.0 Å². The van der Waals surface area contributed by atoms with E-state index in [0.29, 0.717) is 17.9 Å². The van der Waals surface area contributed by atoms with Crippen LogP contribution in [0.15, 0.2) is 42.6 Å². The lowest BCUT2D eigenvalue weighted by atomic mass is 10.0. The van der Waals surface area contributed by atoms with Crippen LogP contribution in [0.25, 0.3) is 10.8 Å². The maximum atomic E-state index is 5.84. The predicted molar refractivity (Wildman–Crippen MR) is 86.3 cm³/mol. The Kier molecular flexibility index (Phi) is 3.78. The van der Waals surface area contributed by atoms with Crippen LogP contribution in [0.3, 0.4) is 0 Å². The van der Waals surface area contributed by atoms with Gasteiger partial charge in [-0.15, -0.1) is 0 Å². The maximum absolute atomic E-state index is 5.84. The molecule has 1 aromatic heterocycles. The van der Waals surface area contributed by atoms with Crippen LogP contribution < -0.4 is 15.2 Å². The lowest BCUT2D eigenvalue weighted by molar-refractivity contribution is 0.356. The van der Waals surface area contributed by atoms with Gasteiger partial charge in [-0.05, 0) is 29.8 Å². The summed E-state index contributed by atoms with van der Waals surface area (Å²) in [4.78, 5) is 0. The second-order valence-electron chi connectivity index (χ2n) is 5.01. The van der Waals surface area contributed by atoms with Crippen molar-refractivity contribution in [3.8, 4) is 11.5 Å². The van der Waals surface area contributed by atoms with Gasteiger partial charge in [0.25, 0.3) is 0 Å². The molecular formula is C17H17N3O2. The third-order valence-corrected chi connectivity index (χ3v) is 3.56. The molecule has 22 heavy (non-hydrogen) atoms. The summed E-state index contributed by atoms with van der Waals surface area (Å²) in [5.41, 5.74) is 8.55. The Morgan fingerprint density at radius 1 is 1.05 bits per heavy atom. The maximum Gasteiger partial charge on any atom is 0.161 e. The molecule has 5 heteroatoms. The number of nitrogen functional groups attached to an aromatic ring is 1. The summed E-state index contributed by atoms with van der Waals surface area (Å²) in [6.07, 6.45) is 2.38. The van der Waals surface area contributed by atoms with Crippen molar-refractivity contribution in [1.29, 1.82) is 0 Å². The van der Waals surface area contributed by atoms with E-state index in [9.17, 15) is 0 Å². The van der Waals surface area contributed by atoms with Crippen molar-refractivity contribution in [2.45, 2.75) is 6.42 Å². The zero-order chi connectivity index (χ0) is 15.5. The smallest absolute Gasteiger partial charge is 0.161 e. The van der Waals surface area contributed by atoms with Gasteiger partial charge in [-0.1, -0.05) is 12.1 Å². The second-order valence-corrected chi connectivity index (χ2v) is 5.01. The van der Waals surface area contributed by atoms with E-state index in [1.165, 1.54) is 0 Å². The molecule has 0 fully saturated rings. The minimum absolute atomic E-state index is 0.658. The van der Waals surface area contributed by atoms with Gasteiger partial charge in [-0.25, -0.2) is 0 Å². The summed E-state index contributed by atoms with van der Waals surface area (Å²) < 4.78 is 10.7. The molecule has 1 heterocycles. The first kappa shape index (κ1) is 14.1. The van der Waals surface area contributed by atoms with Crippen LogP contribution in [-0.2, 0) is 6.42 Å². The highest BCUT2D eigenvalue weighted by Crippen LogP contribution is 2.33. The van der Waals surface area contributed by atoms with E-state index in [1.54, 1.807) is 20.4 Å². The number of benzene rings is 2. The standard InChI is InChI=1S/C17H17N3O2/c1-21-16-8-12-10-19-20-15(14(12)9-17(16)22-2)7-11-4-3-5-13(18)6-11/h3-6,8-10H,7,18H2,1-2H3. The minimum atomic E-state index is 0.658. The Bertz CT molecular complexity index is 818. The average molecular weight is 295 g/mol. The fourth-order valence-electron chi connectivity index (χ4n) is 2.49. The molecule has 0 aliphatic heterocycles. The van der Waals surface area contributed by atoms with Crippen LogP contribution >= 0.6 is 0 Å². The summed E-state index contributed by atoms with van der Waals surface area (Å²) >= 11 is 0. The number of fused-ring (bicyclic) bond motifs is 1. The monoisotopic (exact) mass is 295 g/mol. The van der Waals surface area contributed by atoms with Crippen LogP contribution in [0, 0.1) is 0 Å². The molecule has 0 amide bonds. The Hall–Kier alpha value is -2.82. The van der Waals surface area contributed by atoms with Gasteiger partial charge >= 0.3 is 0 Å². The number of aromatic nitrogens is 2. The molecule has 2 N–H and O–H groups in total. The van der Waals surface area contributed by atoms with E-state index in [1.807, 2.05) is 36.4 Å². The Labute approximate surface area is 128 Å².